The fraction of sp³-hybridized carbons (Fsp3) is 0.673. The second-order valence-electron chi connectivity index (χ2n) is 39.7. The molecule has 0 saturated carbocycles. The molecule has 10 aromatic rings. The number of thiazole rings is 2. The summed E-state index contributed by atoms with van der Waals surface area (Å²) in [5, 5.41) is 12.0. The van der Waals surface area contributed by atoms with Crippen LogP contribution < -0.4 is 26.5 Å². The van der Waals surface area contributed by atoms with Gasteiger partial charge in [-0.1, -0.05) is 158 Å². The van der Waals surface area contributed by atoms with Crippen LogP contribution in [0.5, 0.6) is 0 Å². The topological polar surface area (TPSA) is 77.3 Å². The van der Waals surface area contributed by atoms with Crippen molar-refractivity contribution in [1.29, 1.82) is 0 Å². The molecule has 4 unspecified atom stereocenters. The molecule has 122 heavy (non-hydrogen) atoms. The van der Waals surface area contributed by atoms with Gasteiger partial charge in [0, 0.05) is 19.7 Å². The monoisotopic (exact) mass is 2140 g/mol. The minimum atomic E-state index is -2.27. The fourth-order valence-corrected chi connectivity index (χ4v) is 53.3. The summed E-state index contributed by atoms with van der Waals surface area (Å²) in [5.41, 5.74) is 8.77. The van der Waals surface area contributed by atoms with Gasteiger partial charge in [0.25, 0.3) is 0 Å². The Morgan fingerprint density at radius 3 is 0.811 bits per heavy atom. The Labute approximate surface area is 793 Å². The molecule has 0 bridgehead atoms. The Kier molecular flexibility index (Phi) is 41.0. The molecule has 18 heteroatoms. The summed E-state index contributed by atoms with van der Waals surface area (Å²) >= 11 is 15.9. The maximum absolute atomic E-state index is 5.63. The summed E-state index contributed by atoms with van der Waals surface area (Å²) in [6, 6.07) is 21.4. The first-order chi connectivity index (χ1) is 59.0. The molecule has 12 rings (SSSR count). The molecule has 0 N–H and O–H groups in total. The number of fused-ring (bicyclic) bond motifs is 12. The first kappa shape index (κ1) is 101. The van der Waals surface area contributed by atoms with Gasteiger partial charge < -0.3 is 0 Å². The van der Waals surface area contributed by atoms with E-state index in [2.05, 4.69) is 226 Å². The van der Waals surface area contributed by atoms with Crippen LogP contribution in [0.2, 0.25) is 53.8 Å². The molecule has 10 heterocycles. The van der Waals surface area contributed by atoms with E-state index in [9.17, 15) is 0 Å². The van der Waals surface area contributed by atoms with Crippen LogP contribution >= 0.6 is 99.9 Å². The fourth-order valence-electron chi connectivity index (χ4n) is 20.1. The Morgan fingerprint density at radius 1 is 0.287 bits per heavy atom. The quantitative estimate of drug-likeness (QED) is 0.0215. The van der Waals surface area contributed by atoms with Gasteiger partial charge in [-0.2, -0.15) is 0 Å². The number of aromatic nitrogens is 6. The molecule has 2 aromatic carbocycles. The predicted molar refractivity (Wildman–Crippen MR) is 571 cm³/mol. The van der Waals surface area contributed by atoms with Gasteiger partial charge in [0.05, 0.1) is 33.8 Å². The van der Waals surface area contributed by atoms with Crippen LogP contribution in [0.3, 0.4) is 0 Å². The number of benzene rings is 2. The van der Waals surface area contributed by atoms with E-state index < -0.39 is 52.9 Å². The molecule has 4 atom stereocenters. The van der Waals surface area contributed by atoms with Crippen molar-refractivity contribution in [3.8, 4) is 39.3 Å². The summed E-state index contributed by atoms with van der Waals surface area (Å²) in [6.45, 7) is 28.0. The van der Waals surface area contributed by atoms with Crippen LogP contribution in [0.15, 0.2) is 45.3 Å². The van der Waals surface area contributed by atoms with Crippen molar-refractivity contribution < 1.29 is 0 Å². The summed E-state index contributed by atoms with van der Waals surface area (Å²) in [4.78, 5) is 61.1. The van der Waals surface area contributed by atoms with Crippen molar-refractivity contribution in [1.82, 2.24) is 29.9 Å². The van der Waals surface area contributed by atoms with Crippen LogP contribution in [0.1, 0.15) is 363 Å². The van der Waals surface area contributed by atoms with E-state index in [1.54, 1.807) is 35.7 Å². The Hall–Kier alpha value is -1.31. The van der Waals surface area contributed by atoms with Crippen molar-refractivity contribution in [2.75, 3.05) is 0 Å². The van der Waals surface area contributed by atoms with E-state index >= 15 is 0 Å². The number of hydrogen-bond acceptors (Lipinski definition) is 12. The summed E-state index contributed by atoms with van der Waals surface area (Å²) in [7, 11) is -3.82. The number of halogens is 2. The molecule has 0 fully saturated rings. The molecule has 672 valence electrons. The molecule has 6 nitrogen and oxygen atoms in total. The van der Waals surface area contributed by atoms with E-state index in [0.717, 1.165) is 77.1 Å². The molecule has 0 radical (unpaired) electrons. The Balaban J connectivity index is 0.000000249. The third-order valence-electron chi connectivity index (χ3n) is 28.1. The van der Waals surface area contributed by atoms with Gasteiger partial charge in [-0.05, 0) is 93.3 Å². The van der Waals surface area contributed by atoms with Crippen LogP contribution in [0, 0.1) is 23.7 Å². The Bertz CT molecular complexity index is 4540. The second-order valence-corrected chi connectivity index (χ2v) is 86.9. The van der Waals surface area contributed by atoms with Gasteiger partial charge in [-0.15, -0.1) is 0 Å². The molecule has 2 aliphatic heterocycles. The van der Waals surface area contributed by atoms with Crippen LogP contribution in [-0.2, 0) is 25.7 Å². The predicted octanol–water partition coefficient (Wildman–Crippen LogP) is 34.2. The van der Waals surface area contributed by atoms with Crippen LogP contribution in [0.25, 0.3) is 81.8 Å². The second kappa shape index (κ2) is 49.4. The van der Waals surface area contributed by atoms with E-state index in [1.807, 2.05) is 33.0 Å². The van der Waals surface area contributed by atoms with E-state index in [4.69, 9.17) is 29.9 Å². The molecular weight excluding hydrogens is 1980 g/mol. The molecular formula is C104H160Br2N6S6Si2Sn2. The van der Waals surface area contributed by atoms with Crippen molar-refractivity contribution >= 4 is 222 Å². The van der Waals surface area contributed by atoms with Gasteiger partial charge in [0.1, 0.15) is 11.0 Å². The van der Waals surface area contributed by atoms with Crippen molar-refractivity contribution in [3.05, 3.63) is 68.1 Å². The van der Waals surface area contributed by atoms with Crippen molar-refractivity contribution in [2.45, 2.75) is 419 Å². The zero-order chi connectivity index (χ0) is 87.1. The molecule has 8 aromatic heterocycles. The van der Waals surface area contributed by atoms with E-state index in [0.29, 0.717) is 23.7 Å². The van der Waals surface area contributed by atoms with E-state index in [-0.39, 0.29) is 0 Å². The number of hydrogen-bond donors (Lipinski definition) is 0. The maximum atomic E-state index is 5.63. The van der Waals surface area contributed by atoms with Crippen molar-refractivity contribution in [2.24, 2.45) is 23.7 Å². The molecule has 0 aliphatic carbocycles. The summed E-state index contributed by atoms with van der Waals surface area (Å²) < 4.78 is 5.61. The number of rotatable bonds is 56. The molecule has 0 saturated heterocycles. The number of unbranched alkanes of at least 4 members (excludes halogenated alkanes) is 24. The van der Waals surface area contributed by atoms with Crippen molar-refractivity contribution in [3.63, 3.8) is 0 Å². The minimum absolute atomic E-state index is 0.627. The van der Waals surface area contributed by atoms with Crippen LogP contribution in [0.4, 0.5) is 0 Å². The standard InChI is InChI=1S/C52H72N2S6Si2.C46H70Br2N4.6CH3.2Sn/c1-5-9-13-17-21-25-33-61(34-26-22-18-14-10-6-2)41-29-31-55-45(41)47-43(61)37-39(57-47)49-53-51-52(59-49)54-50(60-51)40-38-44-48(58-40)46-42(30-32-56-46)62(44,35-27-23-19-15-11-7-3)36-28-24-20-16-12-8-4;1-9-17-21-31(13-5)25-39-41(27-33(15-7)23-19-11-3)51-45-37(47)30-36-35(43(45)49-39)29-38(48)46-44(36)50-40(26-32(14-6)22-18-10-2)42(52-46)28-34(16-8)24-20-12-4;;;;;;;;/h29-30,37-38H,5-28,33-36H2,1-4H3;29-34H,9-28H2,1-8H3;6*1H3;;. The first-order valence-electron chi connectivity index (χ1n) is 50.2. The SMILES string of the molecule is CCCCC(CC)Cc1nc2c(Br)cc3c(cc(Br)c4nc(CC(CC)CCCC)c(CC(CC)CCCC)nc43)c2nc1CC(CC)CCCC.CCCCCCCC[Si]1(CCCCCCCC)c2cc(-c3nc4sc(-c5cc6c(s5)-c5s[c]([Sn]([CH3])([CH3])[CH3])cc5[Si]6(CCCCCCCC)CCCCCCCC)nc4s3)sc2-c2s[c]([Sn]([CH3])([CH3])[CH3])cc21. The van der Waals surface area contributed by atoms with Crippen LogP contribution in [-0.4, -0.2) is 82.8 Å². The summed E-state index contributed by atoms with van der Waals surface area (Å²) in [6.07, 6.45) is 57.2. The van der Waals surface area contributed by atoms with E-state index in [1.165, 1.54) is 324 Å². The molecule has 0 amide bonds. The average Bonchev–Trinajstić information content (AvgIpc) is 1.52. The third kappa shape index (κ3) is 25.3. The van der Waals surface area contributed by atoms with Gasteiger partial charge in [0.2, 0.25) is 0 Å². The van der Waals surface area contributed by atoms with Gasteiger partial charge >= 0.3 is 466 Å². The Morgan fingerprint density at radius 2 is 0.541 bits per heavy atom. The first-order valence-corrected chi connectivity index (χ1v) is 81.5. The van der Waals surface area contributed by atoms with Gasteiger partial charge in [0.15, 0.2) is 0 Å². The summed E-state index contributed by atoms with van der Waals surface area (Å²) in [5.74, 6) is 2.53. The molecule has 2 aliphatic rings. The average molecular weight is 2140 g/mol. The van der Waals surface area contributed by atoms with Gasteiger partial charge in [-0.25, -0.2) is 19.9 Å². The zero-order valence-corrected chi connectivity index (χ0v) is 95.4. The van der Waals surface area contributed by atoms with Gasteiger partial charge in [-0.3, -0.25) is 0 Å². The normalized spacial score (nSPS) is 14.7. The number of thiophene rings is 4. The zero-order valence-electron chi connectivity index (χ0n) is 79.6. The third-order valence-corrected chi connectivity index (χ3v) is 66.7. The molecule has 0 spiro atoms. The number of nitrogens with zero attached hydrogens (tertiary/aromatic N) is 6.